The van der Waals surface area contributed by atoms with E-state index in [1.165, 1.54) is 0 Å². The molecular formula is C21H34N4O2S. The summed E-state index contributed by atoms with van der Waals surface area (Å²) in [6, 6.07) is 0. The summed E-state index contributed by atoms with van der Waals surface area (Å²) < 4.78 is 0. The van der Waals surface area contributed by atoms with Gasteiger partial charge in [-0.3, -0.25) is 14.5 Å². The van der Waals surface area contributed by atoms with E-state index in [2.05, 4.69) is 29.1 Å². The Balaban J connectivity index is 1.39. The Hall–Kier alpha value is -1.47. The number of thiazole rings is 1. The molecule has 6 nitrogen and oxygen atoms in total. The molecule has 7 heteroatoms. The van der Waals surface area contributed by atoms with Gasteiger partial charge in [0.25, 0.3) is 0 Å². The first-order valence-electron chi connectivity index (χ1n) is 10.6. The number of hydrogen-bond acceptors (Lipinski definition) is 5. The van der Waals surface area contributed by atoms with Crippen LogP contribution in [-0.4, -0.2) is 70.8 Å². The first-order chi connectivity index (χ1) is 13.4. The van der Waals surface area contributed by atoms with Gasteiger partial charge in [-0.25, -0.2) is 4.98 Å². The Morgan fingerprint density at radius 2 is 1.75 bits per heavy atom. The van der Waals surface area contributed by atoms with E-state index in [0.29, 0.717) is 44.4 Å². The van der Waals surface area contributed by atoms with Crippen LogP contribution in [0.15, 0.2) is 5.38 Å². The van der Waals surface area contributed by atoms with E-state index in [1.807, 2.05) is 16.7 Å². The van der Waals surface area contributed by atoms with Crippen LogP contribution in [0.3, 0.4) is 0 Å². The molecule has 2 amide bonds. The quantitative estimate of drug-likeness (QED) is 0.729. The zero-order valence-corrected chi connectivity index (χ0v) is 18.3. The molecule has 156 valence electrons. The lowest BCUT2D eigenvalue weighted by Gasteiger charge is -2.38. The molecule has 0 aromatic carbocycles. The average molecular weight is 407 g/mol. The predicted molar refractivity (Wildman–Crippen MR) is 112 cm³/mol. The number of carbonyl (C=O) groups excluding carboxylic acids is 2. The molecule has 0 radical (unpaired) electrons. The van der Waals surface area contributed by atoms with Gasteiger partial charge in [0.05, 0.1) is 10.7 Å². The second kappa shape index (κ2) is 9.83. The summed E-state index contributed by atoms with van der Waals surface area (Å²) in [6.45, 7) is 11.9. The highest BCUT2D eigenvalue weighted by Crippen LogP contribution is 2.22. The fraction of sp³-hybridized carbons (Fsp3) is 0.762. The van der Waals surface area contributed by atoms with Crippen molar-refractivity contribution in [3.05, 3.63) is 16.1 Å². The van der Waals surface area contributed by atoms with Crippen LogP contribution in [-0.2, 0) is 16.1 Å². The number of aromatic nitrogens is 1. The van der Waals surface area contributed by atoms with E-state index in [0.717, 1.165) is 49.6 Å². The number of nitrogens with zero attached hydrogens (tertiary/aromatic N) is 4. The Morgan fingerprint density at radius 3 is 2.32 bits per heavy atom. The number of piperazine rings is 1. The maximum atomic E-state index is 12.9. The molecule has 0 unspecified atom stereocenters. The second-order valence-corrected chi connectivity index (χ2v) is 9.61. The summed E-state index contributed by atoms with van der Waals surface area (Å²) in [5.74, 6) is 1.22. The maximum absolute atomic E-state index is 12.9. The van der Waals surface area contributed by atoms with Crippen LogP contribution in [0.4, 0.5) is 0 Å². The summed E-state index contributed by atoms with van der Waals surface area (Å²) in [6.07, 6.45) is 3.42. The molecule has 0 aliphatic carbocycles. The molecule has 3 rings (SSSR count). The number of hydrogen-bond donors (Lipinski definition) is 0. The zero-order chi connectivity index (χ0) is 20.1. The summed E-state index contributed by atoms with van der Waals surface area (Å²) >= 11 is 1.70. The lowest BCUT2D eigenvalue weighted by atomic mass is 9.95. The minimum atomic E-state index is 0.136. The van der Waals surface area contributed by atoms with Crippen molar-refractivity contribution < 1.29 is 9.59 Å². The van der Waals surface area contributed by atoms with Crippen molar-refractivity contribution in [3.63, 3.8) is 0 Å². The minimum absolute atomic E-state index is 0.136. The van der Waals surface area contributed by atoms with Gasteiger partial charge in [-0.15, -0.1) is 11.3 Å². The van der Waals surface area contributed by atoms with E-state index >= 15 is 0 Å². The normalized spacial score (nSPS) is 19.4. The molecule has 3 heterocycles. The van der Waals surface area contributed by atoms with Crippen molar-refractivity contribution in [2.45, 2.75) is 53.0 Å². The Kier molecular flexibility index (Phi) is 7.46. The number of rotatable bonds is 6. The summed E-state index contributed by atoms with van der Waals surface area (Å²) in [4.78, 5) is 36.1. The van der Waals surface area contributed by atoms with Gasteiger partial charge in [0.1, 0.15) is 0 Å². The molecule has 2 aliphatic heterocycles. The van der Waals surface area contributed by atoms with E-state index in [9.17, 15) is 9.59 Å². The number of aryl methyl sites for hydroxylation is 1. The molecule has 2 fully saturated rings. The van der Waals surface area contributed by atoms with Crippen LogP contribution in [0.2, 0.25) is 0 Å². The molecule has 2 aliphatic rings. The molecule has 0 spiro atoms. The van der Waals surface area contributed by atoms with Gasteiger partial charge < -0.3 is 9.80 Å². The first-order valence-corrected chi connectivity index (χ1v) is 11.5. The molecule has 0 atom stereocenters. The van der Waals surface area contributed by atoms with E-state index in [4.69, 9.17) is 0 Å². The largest absolute Gasteiger partial charge is 0.339 e. The average Bonchev–Trinajstić information content (AvgIpc) is 3.11. The summed E-state index contributed by atoms with van der Waals surface area (Å²) in [7, 11) is 0. The smallest absolute Gasteiger partial charge is 0.225 e. The van der Waals surface area contributed by atoms with Gasteiger partial charge in [0, 0.05) is 50.4 Å². The third kappa shape index (κ3) is 5.77. The van der Waals surface area contributed by atoms with Gasteiger partial charge in [0.2, 0.25) is 11.8 Å². The highest BCUT2D eigenvalue weighted by atomic mass is 32.1. The molecule has 1 aromatic heterocycles. The zero-order valence-electron chi connectivity index (χ0n) is 17.5. The number of carbonyl (C=O) groups is 2. The number of amides is 2. The highest BCUT2D eigenvalue weighted by molar-refractivity contribution is 7.09. The van der Waals surface area contributed by atoms with Crippen LogP contribution in [0, 0.1) is 18.8 Å². The van der Waals surface area contributed by atoms with Gasteiger partial charge in [-0.2, -0.15) is 0 Å². The van der Waals surface area contributed by atoms with Crippen molar-refractivity contribution in [2.75, 3.05) is 39.3 Å². The lowest BCUT2D eigenvalue weighted by Crippen LogP contribution is -2.52. The van der Waals surface area contributed by atoms with Crippen molar-refractivity contribution >= 4 is 23.2 Å². The second-order valence-electron chi connectivity index (χ2n) is 8.55. The third-order valence-electron chi connectivity index (χ3n) is 5.87. The first kappa shape index (κ1) is 21.2. The fourth-order valence-corrected chi connectivity index (χ4v) is 4.66. The van der Waals surface area contributed by atoms with E-state index < -0.39 is 0 Å². The van der Waals surface area contributed by atoms with Gasteiger partial charge >= 0.3 is 0 Å². The standard InChI is InChI=1S/C21H34N4O2S/c1-16(2)4-5-20(26)24-10-12-25(13-11-24)21(27)18-6-8-23(9-7-18)14-19-15-28-17(3)22-19/h15-16,18H,4-14H2,1-3H3. The van der Waals surface area contributed by atoms with Crippen LogP contribution >= 0.6 is 11.3 Å². The monoisotopic (exact) mass is 406 g/mol. The topological polar surface area (TPSA) is 56.8 Å². The van der Waals surface area contributed by atoms with E-state index in [1.54, 1.807) is 11.3 Å². The molecule has 1 aromatic rings. The Bertz CT molecular complexity index is 659. The van der Waals surface area contributed by atoms with Crippen LogP contribution in [0.5, 0.6) is 0 Å². The Morgan fingerprint density at radius 1 is 1.11 bits per heavy atom. The van der Waals surface area contributed by atoms with Crippen molar-refractivity contribution in [2.24, 2.45) is 11.8 Å². The van der Waals surface area contributed by atoms with Crippen LogP contribution < -0.4 is 0 Å². The highest BCUT2D eigenvalue weighted by Gasteiger charge is 2.31. The van der Waals surface area contributed by atoms with E-state index in [-0.39, 0.29) is 11.8 Å². The van der Waals surface area contributed by atoms with Crippen molar-refractivity contribution in [1.82, 2.24) is 19.7 Å². The SMILES string of the molecule is Cc1nc(CN2CCC(C(=O)N3CCN(C(=O)CCC(C)C)CC3)CC2)cs1. The summed E-state index contributed by atoms with van der Waals surface area (Å²) in [5.41, 5.74) is 1.14. The lowest BCUT2D eigenvalue weighted by molar-refractivity contribution is -0.143. The molecule has 28 heavy (non-hydrogen) atoms. The third-order valence-corrected chi connectivity index (χ3v) is 6.69. The molecule has 0 saturated carbocycles. The van der Waals surface area contributed by atoms with Crippen molar-refractivity contribution in [3.8, 4) is 0 Å². The van der Waals surface area contributed by atoms with Gasteiger partial charge in [0.15, 0.2) is 0 Å². The fourth-order valence-electron chi connectivity index (χ4n) is 4.05. The Labute approximate surface area is 172 Å². The molecular weight excluding hydrogens is 372 g/mol. The molecule has 2 saturated heterocycles. The number of piperidine rings is 1. The van der Waals surface area contributed by atoms with Gasteiger partial charge in [-0.05, 0) is 45.2 Å². The maximum Gasteiger partial charge on any atom is 0.225 e. The van der Waals surface area contributed by atoms with Crippen LogP contribution in [0.1, 0.15) is 50.2 Å². The molecule has 0 bridgehead atoms. The minimum Gasteiger partial charge on any atom is -0.339 e. The summed E-state index contributed by atoms with van der Waals surface area (Å²) in [5, 5.41) is 3.25. The van der Waals surface area contributed by atoms with Gasteiger partial charge in [-0.1, -0.05) is 13.8 Å². The predicted octanol–water partition coefficient (Wildman–Crippen LogP) is 2.77. The van der Waals surface area contributed by atoms with Crippen molar-refractivity contribution in [1.29, 1.82) is 0 Å². The molecule has 0 N–H and O–H groups in total. The van der Waals surface area contributed by atoms with Crippen LogP contribution in [0.25, 0.3) is 0 Å². The number of likely N-dealkylation sites (tertiary alicyclic amines) is 1.